The predicted octanol–water partition coefficient (Wildman–Crippen LogP) is -1.67. The van der Waals surface area contributed by atoms with E-state index in [1.165, 1.54) is 16.6 Å². The number of carboxylic acids is 1. The van der Waals surface area contributed by atoms with E-state index < -0.39 is 17.9 Å². The number of aryl methyl sites for hydroxylation is 1. The van der Waals surface area contributed by atoms with Gasteiger partial charge in [-0.05, 0) is 43.2 Å². The number of unbranched alkanes of at least 4 members (excludes halogenated alkanes) is 6. The molecule has 0 radical (unpaired) electrons. The Balaban J connectivity index is 0.00000900. The number of hydrogen-bond donors (Lipinski definition) is 4. The van der Waals surface area contributed by atoms with Gasteiger partial charge in [0.15, 0.2) is 0 Å². The molecule has 2 amide bonds. The quantitative estimate of drug-likeness (QED) is 0.104. The molecule has 31 heavy (non-hydrogen) atoms. The van der Waals surface area contributed by atoms with E-state index in [9.17, 15) is 19.5 Å². The van der Waals surface area contributed by atoms with Crippen LogP contribution in [0.4, 0.5) is 0 Å². The third-order valence-electron chi connectivity index (χ3n) is 5.09. The summed E-state index contributed by atoms with van der Waals surface area (Å²) in [5, 5.41) is 21.7. The van der Waals surface area contributed by atoms with Crippen molar-refractivity contribution in [2.75, 3.05) is 0 Å². The average Bonchev–Trinajstić information content (AvgIpc) is 2.74. The van der Waals surface area contributed by atoms with E-state index in [1.807, 2.05) is 12.1 Å². The molecule has 0 heterocycles. The number of aliphatic carboxylic acids is 1. The molecular formula is C22H34N3NaO5. The molecular weight excluding hydrogens is 409 g/mol. The van der Waals surface area contributed by atoms with Gasteiger partial charge in [-0.25, -0.2) is 5.48 Å². The van der Waals surface area contributed by atoms with Crippen LogP contribution in [0.5, 0.6) is 0 Å². The summed E-state index contributed by atoms with van der Waals surface area (Å²) in [5.74, 6) is -2.48. The number of benzene rings is 1. The van der Waals surface area contributed by atoms with Crippen LogP contribution < -0.4 is 51.2 Å². The van der Waals surface area contributed by atoms with E-state index in [0.717, 1.165) is 44.9 Å². The fraction of sp³-hybridized carbons (Fsp3) is 0.591. The Kier molecular flexibility index (Phi) is 17.3. The van der Waals surface area contributed by atoms with E-state index in [2.05, 4.69) is 17.4 Å². The van der Waals surface area contributed by atoms with Crippen molar-refractivity contribution in [1.29, 1.82) is 0 Å². The number of amides is 2. The van der Waals surface area contributed by atoms with Gasteiger partial charge in [-0.1, -0.05) is 56.4 Å². The Hall–Kier alpha value is -1.45. The number of rotatable bonds is 16. The van der Waals surface area contributed by atoms with Crippen LogP contribution in [0.15, 0.2) is 24.3 Å². The number of hydrogen-bond acceptors (Lipinski definition) is 6. The number of nitrogens with one attached hydrogen (secondary N) is 2. The molecule has 168 valence electrons. The van der Waals surface area contributed by atoms with Gasteiger partial charge < -0.3 is 21.0 Å². The van der Waals surface area contributed by atoms with Gasteiger partial charge in [0.05, 0.1) is 0 Å². The first-order chi connectivity index (χ1) is 14.5. The predicted molar refractivity (Wildman–Crippen MR) is 111 cm³/mol. The second-order valence-corrected chi connectivity index (χ2v) is 7.45. The molecule has 0 spiro atoms. The van der Waals surface area contributed by atoms with Gasteiger partial charge in [0, 0.05) is 18.9 Å². The summed E-state index contributed by atoms with van der Waals surface area (Å²) < 4.78 is 0. The third kappa shape index (κ3) is 13.5. The molecule has 0 aliphatic heterocycles. The number of carboxylic acid groups (broad SMARTS) is 1. The third-order valence-corrected chi connectivity index (χ3v) is 5.09. The molecule has 8 nitrogen and oxygen atoms in total. The van der Waals surface area contributed by atoms with Crippen molar-refractivity contribution < 1.29 is 54.3 Å². The minimum atomic E-state index is -1.32. The minimum absolute atomic E-state index is 0. The van der Waals surface area contributed by atoms with E-state index in [4.69, 9.17) is 10.9 Å². The van der Waals surface area contributed by atoms with Crippen molar-refractivity contribution in [3.63, 3.8) is 0 Å². The Morgan fingerprint density at radius 3 is 2.10 bits per heavy atom. The molecule has 0 aromatic heterocycles. The van der Waals surface area contributed by atoms with E-state index >= 15 is 0 Å². The van der Waals surface area contributed by atoms with Crippen LogP contribution in [0.3, 0.4) is 0 Å². The van der Waals surface area contributed by atoms with Crippen molar-refractivity contribution >= 4 is 17.8 Å². The van der Waals surface area contributed by atoms with Gasteiger partial charge in [-0.2, -0.15) is 0 Å². The van der Waals surface area contributed by atoms with Crippen LogP contribution in [-0.2, 0) is 27.3 Å². The first-order valence-electron chi connectivity index (χ1n) is 10.7. The van der Waals surface area contributed by atoms with Gasteiger partial charge in [0.25, 0.3) is 5.91 Å². The molecule has 9 heteroatoms. The maximum atomic E-state index is 11.9. The molecule has 0 bridgehead atoms. The van der Waals surface area contributed by atoms with Crippen LogP contribution >= 0.6 is 0 Å². The van der Waals surface area contributed by atoms with Crippen LogP contribution in [-0.4, -0.2) is 29.0 Å². The minimum Gasteiger partial charge on any atom is -0.550 e. The number of hydroxylamine groups is 1. The summed E-state index contributed by atoms with van der Waals surface area (Å²) in [7, 11) is 0. The second-order valence-electron chi connectivity index (χ2n) is 7.45. The maximum absolute atomic E-state index is 11.9. The largest absolute Gasteiger partial charge is 1.00 e. The van der Waals surface area contributed by atoms with Crippen molar-refractivity contribution in [1.82, 2.24) is 10.8 Å². The maximum Gasteiger partial charge on any atom is 1.00 e. The normalized spacial score (nSPS) is 11.3. The zero-order valence-corrected chi connectivity index (χ0v) is 20.5. The summed E-state index contributed by atoms with van der Waals surface area (Å²) >= 11 is 0. The number of carbonyl (C=O) groups is 3. The van der Waals surface area contributed by atoms with Crippen molar-refractivity contribution in [3.8, 4) is 0 Å². The summed E-state index contributed by atoms with van der Waals surface area (Å²) in [5.41, 5.74) is 9.75. The van der Waals surface area contributed by atoms with E-state index in [0.29, 0.717) is 13.0 Å². The first kappa shape index (κ1) is 29.5. The van der Waals surface area contributed by atoms with Crippen molar-refractivity contribution in [2.24, 2.45) is 5.73 Å². The van der Waals surface area contributed by atoms with Crippen LogP contribution in [0.2, 0.25) is 0 Å². The van der Waals surface area contributed by atoms with Gasteiger partial charge >= 0.3 is 29.6 Å². The summed E-state index contributed by atoms with van der Waals surface area (Å²) in [6.07, 6.45) is 8.02. The van der Waals surface area contributed by atoms with Gasteiger partial charge in [-0.3, -0.25) is 14.8 Å². The number of nitrogens with two attached hydrogens (primary N) is 1. The Morgan fingerprint density at radius 1 is 0.935 bits per heavy atom. The fourth-order valence-electron chi connectivity index (χ4n) is 3.36. The molecule has 1 aromatic rings. The Bertz CT molecular complexity index is 672. The molecule has 0 saturated carbocycles. The van der Waals surface area contributed by atoms with Gasteiger partial charge in [0.1, 0.15) is 6.04 Å². The molecule has 1 rings (SSSR count). The number of carbonyl (C=O) groups excluding carboxylic acids is 3. The summed E-state index contributed by atoms with van der Waals surface area (Å²) in [6, 6.07) is 7.20. The van der Waals surface area contributed by atoms with Crippen molar-refractivity contribution in [2.45, 2.75) is 83.2 Å². The smallest absolute Gasteiger partial charge is 0.550 e. The Morgan fingerprint density at radius 2 is 1.52 bits per heavy atom. The molecule has 0 fully saturated rings. The molecule has 0 aliphatic carbocycles. The van der Waals surface area contributed by atoms with Crippen LogP contribution in [0.25, 0.3) is 0 Å². The van der Waals surface area contributed by atoms with E-state index in [-0.39, 0.29) is 54.7 Å². The molecule has 0 saturated heterocycles. The molecule has 1 aromatic carbocycles. The average molecular weight is 444 g/mol. The zero-order valence-electron chi connectivity index (χ0n) is 18.5. The molecule has 1 atom stereocenters. The summed E-state index contributed by atoms with van der Waals surface area (Å²) in [4.78, 5) is 33.9. The zero-order chi connectivity index (χ0) is 22.2. The molecule has 0 unspecified atom stereocenters. The molecule has 5 N–H and O–H groups in total. The van der Waals surface area contributed by atoms with Crippen molar-refractivity contribution in [3.05, 3.63) is 35.4 Å². The van der Waals surface area contributed by atoms with E-state index in [1.54, 1.807) is 0 Å². The first-order valence-corrected chi connectivity index (χ1v) is 10.7. The van der Waals surface area contributed by atoms with Gasteiger partial charge in [0.2, 0.25) is 5.91 Å². The van der Waals surface area contributed by atoms with Gasteiger partial charge in [-0.15, -0.1) is 0 Å². The molecule has 0 aliphatic rings. The Labute approximate surface area is 206 Å². The standard InChI is InChI=1S/C22H35N3O5.Na/c23-16-18-12-9-8-11-17(18)10-6-4-2-1-3-5-7-13-20(26)24-19(22(29)25-30)14-15-21(27)28;/h8-9,11-12,19,30H,1-7,10,13-16,23H2,(H,24,26)(H,25,29)(H,27,28);/q;+1/p-1/t19-;/m1./s1. The summed E-state index contributed by atoms with van der Waals surface area (Å²) in [6.45, 7) is 0.575. The second kappa shape index (κ2) is 18.2. The monoisotopic (exact) mass is 443 g/mol. The van der Waals surface area contributed by atoms with Crippen LogP contribution in [0, 0.1) is 0 Å². The van der Waals surface area contributed by atoms with Crippen LogP contribution in [0.1, 0.15) is 75.3 Å². The fourth-order valence-corrected chi connectivity index (χ4v) is 3.36. The topological polar surface area (TPSA) is 145 Å². The SMILES string of the molecule is NCc1ccccc1CCCCCCCCCC(=O)N[C@H](CCC(=O)[O-])C(=O)NO.[Na+].